The number of hydrogen-bond acceptors (Lipinski definition) is 6. The maximum atomic E-state index is 5.35. The molecule has 0 aromatic carbocycles. The van der Waals surface area contributed by atoms with Gasteiger partial charge in [-0.3, -0.25) is 4.90 Å². The molecule has 6 nitrogen and oxygen atoms in total. The van der Waals surface area contributed by atoms with Crippen LogP contribution in [0.2, 0.25) is 0 Å². The number of halogens is 1. The predicted octanol–water partition coefficient (Wildman–Crippen LogP) is 1.41. The minimum Gasteiger partial charge on any atom is -0.379 e. The Labute approximate surface area is 122 Å². The van der Waals surface area contributed by atoms with E-state index >= 15 is 0 Å². The van der Waals surface area contributed by atoms with Crippen molar-refractivity contribution in [3.63, 3.8) is 0 Å². The van der Waals surface area contributed by atoms with Gasteiger partial charge in [-0.15, -0.1) is 0 Å². The first kappa shape index (κ1) is 14.5. The molecule has 7 heteroatoms. The Morgan fingerprint density at radius 3 is 2.74 bits per heavy atom. The first-order valence-corrected chi connectivity index (χ1v) is 7.25. The minimum absolute atomic E-state index is 0.314. The average Bonchev–Trinajstić information content (AvgIpc) is 2.42. The molecule has 0 aliphatic carbocycles. The number of morpholine rings is 1. The van der Waals surface area contributed by atoms with E-state index in [1.165, 1.54) is 0 Å². The van der Waals surface area contributed by atoms with Crippen LogP contribution in [0.5, 0.6) is 0 Å². The summed E-state index contributed by atoms with van der Waals surface area (Å²) in [5.41, 5.74) is 0. The summed E-state index contributed by atoms with van der Waals surface area (Å²) < 4.78 is 6.22. The fourth-order valence-corrected chi connectivity index (χ4v) is 2.61. The number of rotatable bonds is 5. The second kappa shape index (κ2) is 7.02. The number of hydrogen-bond donors (Lipinski definition) is 2. The van der Waals surface area contributed by atoms with Gasteiger partial charge in [-0.25, -0.2) is 9.97 Å². The van der Waals surface area contributed by atoms with Crippen molar-refractivity contribution in [1.29, 1.82) is 0 Å². The fourth-order valence-electron chi connectivity index (χ4n) is 2.09. The van der Waals surface area contributed by atoms with Gasteiger partial charge in [0.1, 0.15) is 22.4 Å². The van der Waals surface area contributed by atoms with Crippen LogP contribution in [0.3, 0.4) is 0 Å². The molecule has 0 radical (unpaired) electrons. The Morgan fingerprint density at radius 2 is 2.05 bits per heavy atom. The van der Waals surface area contributed by atoms with E-state index in [9.17, 15) is 0 Å². The van der Waals surface area contributed by atoms with Crippen molar-refractivity contribution in [1.82, 2.24) is 14.9 Å². The Kier molecular flexibility index (Phi) is 5.35. The minimum atomic E-state index is 0.314. The molecule has 106 valence electrons. The molecule has 0 saturated carbocycles. The van der Waals surface area contributed by atoms with Crippen LogP contribution in [0, 0.1) is 0 Å². The zero-order valence-corrected chi connectivity index (χ0v) is 12.9. The number of aromatic nitrogens is 2. The Bertz CT molecular complexity index is 411. The van der Waals surface area contributed by atoms with Crippen LogP contribution >= 0.6 is 15.9 Å². The molecule has 1 fully saturated rings. The van der Waals surface area contributed by atoms with Gasteiger partial charge in [-0.2, -0.15) is 0 Å². The smallest absolute Gasteiger partial charge is 0.146 e. The molecule has 19 heavy (non-hydrogen) atoms. The molecule has 1 unspecified atom stereocenters. The normalized spacial score (nSPS) is 18.1. The maximum Gasteiger partial charge on any atom is 0.146 e. The van der Waals surface area contributed by atoms with Gasteiger partial charge in [0.15, 0.2) is 0 Å². The molecule has 1 saturated heterocycles. The number of anilines is 2. The summed E-state index contributed by atoms with van der Waals surface area (Å²) in [7, 11) is 1.84. The van der Waals surface area contributed by atoms with Crippen LogP contribution in [0.1, 0.15) is 6.92 Å². The van der Waals surface area contributed by atoms with Crippen LogP contribution in [0.25, 0.3) is 0 Å². The number of nitrogens with zero attached hydrogens (tertiary/aromatic N) is 3. The Hall–Kier alpha value is -0.920. The standard InChI is InChI=1S/C12H20BrN5O/c1-9(7-18-3-5-19-6-4-18)17-12-10(13)11(14-2)15-8-16-12/h8-9H,3-7H2,1-2H3,(H2,14,15,16,17). The van der Waals surface area contributed by atoms with Crippen LogP contribution in [0.4, 0.5) is 11.6 Å². The van der Waals surface area contributed by atoms with Crippen LogP contribution in [-0.4, -0.2) is 60.8 Å². The third-order valence-electron chi connectivity index (χ3n) is 3.05. The molecule has 1 aliphatic heterocycles. The molecular weight excluding hydrogens is 310 g/mol. The Morgan fingerprint density at radius 1 is 1.37 bits per heavy atom. The van der Waals surface area contributed by atoms with Gasteiger partial charge >= 0.3 is 0 Å². The van der Waals surface area contributed by atoms with Gasteiger partial charge in [0, 0.05) is 32.7 Å². The summed E-state index contributed by atoms with van der Waals surface area (Å²) in [6, 6.07) is 0.314. The van der Waals surface area contributed by atoms with Crippen molar-refractivity contribution in [2.24, 2.45) is 0 Å². The van der Waals surface area contributed by atoms with Crippen molar-refractivity contribution in [2.75, 3.05) is 50.5 Å². The summed E-state index contributed by atoms with van der Waals surface area (Å²) in [5.74, 6) is 1.61. The van der Waals surface area contributed by atoms with Gasteiger partial charge in [-0.05, 0) is 22.9 Å². The zero-order valence-electron chi connectivity index (χ0n) is 11.3. The van der Waals surface area contributed by atoms with Crippen molar-refractivity contribution in [2.45, 2.75) is 13.0 Å². The molecule has 0 amide bonds. The van der Waals surface area contributed by atoms with Gasteiger partial charge in [-0.1, -0.05) is 0 Å². The highest BCUT2D eigenvalue weighted by atomic mass is 79.9. The van der Waals surface area contributed by atoms with Gasteiger partial charge in [0.05, 0.1) is 13.2 Å². The van der Waals surface area contributed by atoms with E-state index in [0.717, 1.165) is 49.0 Å². The fraction of sp³-hybridized carbons (Fsp3) is 0.667. The summed E-state index contributed by atoms with van der Waals surface area (Å²) in [6.07, 6.45) is 1.56. The molecule has 1 atom stereocenters. The lowest BCUT2D eigenvalue weighted by molar-refractivity contribution is 0.0368. The van der Waals surface area contributed by atoms with Crippen LogP contribution in [0.15, 0.2) is 10.8 Å². The predicted molar refractivity (Wildman–Crippen MR) is 79.6 cm³/mol. The second-order valence-corrected chi connectivity index (χ2v) is 5.39. The zero-order chi connectivity index (χ0) is 13.7. The molecule has 0 spiro atoms. The molecule has 0 bridgehead atoms. The summed E-state index contributed by atoms with van der Waals surface area (Å²) in [6.45, 7) is 6.79. The van der Waals surface area contributed by atoms with Crippen molar-refractivity contribution in [3.05, 3.63) is 10.8 Å². The SMILES string of the molecule is CNc1ncnc(NC(C)CN2CCOCC2)c1Br. The second-order valence-electron chi connectivity index (χ2n) is 4.59. The lowest BCUT2D eigenvalue weighted by Gasteiger charge is -2.29. The molecule has 2 rings (SSSR count). The third-order valence-corrected chi connectivity index (χ3v) is 3.80. The lowest BCUT2D eigenvalue weighted by atomic mass is 10.3. The first-order chi connectivity index (χ1) is 9.20. The number of nitrogens with one attached hydrogen (secondary N) is 2. The largest absolute Gasteiger partial charge is 0.379 e. The van der Waals surface area contributed by atoms with E-state index in [-0.39, 0.29) is 0 Å². The van der Waals surface area contributed by atoms with Crippen molar-refractivity contribution < 1.29 is 4.74 Å². The molecule has 1 aliphatic rings. The molecule has 2 heterocycles. The number of ether oxygens (including phenoxy) is 1. The molecular formula is C12H20BrN5O. The van der Waals surface area contributed by atoms with E-state index in [1.54, 1.807) is 6.33 Å². The van der Waals surface area contributed by atoms with E-state index in [0.29, 0.717) is 6.04 Å². The maximum absolute atomic E-state index is 5.35. The van der Waals surface area contributed by atoms with E-state index in [4.69, 9.17) is 4.74 Å². The highest BCUT2D eigenvalue weighted by Gasteiger charge is 2.15. The lowest BCUT2D eigenvalue weighted by Crippen LogP contribution is -2.42. The first-order valence-electron chi connectivity index (χ1n) is 6.45. The van der Waals surface area contributed by atoms with Crippen molar-refractivity contribution in [3.8, 4) is 0 Å². The quantitative estimate of drug-likeness (QED) is 0.851. The highest BCUT2D eigenvalue weighted by molar-refractivity contribution is 9.10. The van der Waals surface area contributed by atoms with Gasteiger partial charge in [0.2, 0.25) is 0 Å². The summed E-state index contributed by atoms with van der Waals surface area (Å²) in [4.78, 5) is 10.8. The summed E-state index contributed by atoms with van der Waals surface area (Å²) in [5, 5.41) is 6.44. The van der Waals surface area contributed by atoms with E-state index in [1.807, 2.05) is 7.05 Å². The van der Waals surface area contributed by atoms with Crippen LogP contribution in [-0.2, 0) is 4.74 Å². The van der Waals surface area contributed by atoms with Crippen LogP contribution < -0.4 is 10.6 Å². The van der Waals surface area contributed by atoms with E-state index in [2.05, 4.69) is 48.4 Å². The van der Waals surface area contributed by atoms with Gasteiger partial charge < -0.3 is 15.4 Å². The third kappa shape index (κ3) is 4.02. The molecule has 2 N–H and O–H groups in total. The summed E-state index contributed by atoms with van der Waals surface area (Å²) >= 11 is 3.51. The monoisotopic (exact) mass is 329 g/mol. The van der Waals surface area contributed by atoms with E-state index < -0.39 is 0 Å². The molecule has 1 aromatic rings. The Balaban J connectivity index is 1.92. The van der Waals surface area contributed by atoms with Crippen molar-refractivity contribution >= 4 is 27.6 Å². The topological polar surface area (TPSA) is 62.3 Å². The highest BCUT2D eigenvalue weighted by Crippen LogP contribution is 2.26. The average molecular weight is 330 g/mol. The molecule has 1 aromatic heterocycles. The van der Waals surface area contributed by atoms with Gasteiger partial charge in [0.25, 0.3) is 0 Å².